The molecule has 0 fully saturated rings. The minimum Gasteiger partial charge on any atom is -0.373 e. The molecule has 0 amide bonds. The molecule has 4 heteroatoms. The van der Waals surface area contributed by atoms with Crippen LogP contribution in [0.5, 0.6) is 0 Å². The number of aryl methyl sites for hydroxylation is 1. The Morgan fingerprint density at radius 2 is 1.94 bits per heavy atom. The predicted molar refractivity (Wildman–Crippen MR) is 67.4 cm³/mol. The monoisotopic (exact) mass is 216 g/mol. The maximum absolute atomic E-state index is 4.45. The molecule has 2 aromatic rings. The summed E-state index contributed by atoms with van der Waals surface area (Å²) < 4.78 is 1.89. The van der Waals surface area contributed by atoms with Gasteiger partial charge in [0.25, 0.3) is 0 Å². The van der Waals surface area contributed by atoms with Crippen LogP contribution >= 0.6 is 0 Å². The third kappa shape index (κ3) is 1.86. The third-order valence-electron chi connectivity index (χ3n) is 2.47. The average Bonchev–Trinajstić information content (AvgIpc) is 2.72. The van der Waals surface area contributed by atoms with Crippen molar-refractivity contribution >= 4 is 11.6 Å². The van der Waals surface area contributed by atoms with Gasteiger partial charge in [0.1, 0.15) is 11.6 Å². The molecule has 1 heterocycles. The van der Waals surface area contributed by atoms with Gasteiger partial charge in [0.15, 0.2) is 0 Å². The van der Waals surface area contributed by atoms with Gasteiger partial charge >= 0.3 is 0 Å². The molecule has 0 unspecified atom stereocenters. The first-order valence-corrected chi connectivity index (χ1v) is 5.27. The van der Waals surface area contributed by atoms with Gasteiger partial charge in [-0.05, 0) is 24.6 Å². The molecule has 1 aromatic heterocycles. The van der Waals surface area contributed by atoms with Crippen molar-refractivity contribution in [2.24, 2.45) is 0 Å². The van der Waals surface area contributed by atoms with E-state index in [-0.39, 0.29) is 0 Å². The molecule has 2 rings (SSSR count). The average molecular weight is 216 g/mol. The highest BCUT2D eigenvalue weighted by Gasteiger charge is 2.06. The van der Waals surface area contributed by atoms with Crippen LogP contribution in [0.15, 0.2) is 30.3 Å². The lowest BCUT2D eigenvalue weighted by Crippen LogP contribution is -2.02. The lowest BCUT2D eigenvalue weighted by molar-refractivity contribution is 0.886. The highest BCUT2D eigenvalue weighted by Crippen LogP contribution is 2.19. The quantitative estimate of drug-likeness (QED) is 0.827. The number of anilines is 2. The summed E-state index contributed by atoms with van der Waals surface area (Å²) in [5.41, 5.74) is 2.28. The Hall–Kier alpha value is -1.97. The van der Waals surface area contributed by atoms with E-state index in [9.17, 15) is 0 Å². The van der Waals surface area contributed by atoms with Gasteiger partial charge in [-0.2, -0.15) is 0 Å². The number of benzene rings is 1. The van der Waals surface area contributed by atoms with E-state index in [0.717, 1.165) is 17.3 Å². The third-order valence-corrected chi connectivity index (χ3v) is 2.47. The molecule has 0 spiro atoms. The standard InChI is InChI=1S/C12H16N4/c1-9-5-4-6-10(7-9)16-12(14-3)8-11(13-2)15-16/h4-8,14H,1-3H3,(H,13,15). The summed E-state index contributed by atoms with van der Waals surface area (Å²) in [6, 6.07) is 10.2. The molecule has 0 bridgehead atoms. The smallest absolute Gasteiger partial charge is 0.150 e. The zero-order valence-corrected chi connectivity index (χ0v) is 9.78. The molecule has 84 valence electrons. The molecule has 2 N–H and O–H groups in total. The molecular formula is C12H16N4. The minimum absolute atomic E-state index is 0.853. The number of hydrogen-bond donors (Lipinski definition) is 2. The van der Waals surface area contributed by atoms with Crippen LogP contribution in [-0.2, 0) is 0 Å². The van der Waals surface area contributed by atoms with E-state index in [4.69, 9.17) is 0 Å². The Kier molecular flexibility index (Phi) is 2.81. The Morgan fingerprint density at radius 3 is 2.56 bits per heavy atom. The van der Waals surface area contributed by atoms with Crippen molar-refractivity contribution in [1.29, 1.82) is 0 Å². The SMILES string of the molecule is CNc1cc(NC)n(-c2cccc(C)c2)n1. The van der Waals surface area contributed by atoms with Crippen molar-refractivity contribution in [3.05, 3.63) is 35.9 Å². The van der Waals surface area contributed by atoms with Crippen LogP contribution in [0.3, 0.4) is 0 Å². The fraction of sp³-hybridized carbons (Fsp3) is 0.250. The van der Waals surface area contributed by atoms with E-state index < -0.39 is 0 Å². The molecule has 0 saturated carbocycles. The topological polar surface area (TPSA) is 41.9 Å². The van der Waals surface area contributed by atoms with Gasteiger partial charge in [-0.1, -0.05) is 12.1 Å². The van der Waals surface area contributed by atoms with Crippen LogP contribution in [0.1, 0.15) is 5.56 Å². The highest BCUT2D eigenvalue weighted by atomic mass is 15.4. The van der Waals surface area contributed by atoms with Crippen LogP contribution in [0, 0.1) is 6.92 Å². The molecular weight excluding hydrogens is 200 g/mol. The fourth-order valence-electron chi connectivity index (χ4n) is 1.64. The maximum atomic E-state index is 4.45. The summed E-state index contributed by atoms with van der Waals surface area (Å²) in [7, 11) is 3.76. The highest BCUT2D eigenvalue weighted by molar-refractivity contribution is 5.53. The molecule has 0 aliphatic carbocycles. The van der Waals surface area contributed by atoms with E-state index in [1.165, 1.54) is 5.56 Å². The fourth-order valence-corrected chi connectivity index (χ4v) is 1.64. The van der Waals surface area contributed by atoms with Gasteiger partial charge in [-0.15, -0.1) is 5.10 Å². The van der Waals surface area contributed by atoms with Gasteiger partial charge in [-0.25, -0.2) is 4.68 Å². The van der Waals surface area contributed by atoms with E-state index in [1.54, 1.807) is 0 Å². The summed E-state index contributed by atoms with van der Waals surface area (Å²) in [4.78, 5) is 0. The van der Waals surface area contributed by atoms with Crippen LogP contribution in [0.25, 0.3) is 5.69 Å². The molecule has 4 nitrogen and oxygen atoms in total. The lowest BCUT2D eigenvalue weighted by Gasteiger charge is -2.06. The van der Waals surface area contributed by atoms with Crippen molar-refractivity contribution in [1.82, 2.24) is 9.78 Å². The van der Waals surface area contributed by atoms with Crippen LogP contribution < -0.4 is 10.6 Å². The van der Waals surface area contributed by atoms with E-state index >= 15 is 0 Å². The van der Waals surface area contributed by atoms with E-state index in [1.807, 2.05) is 37.0 Å². The number of aromatic nitrogens is 2. The molecule has 0 atom stereocenters. The summed E-state index contributed by atoms with van der Waals surface area (Å²) >= 11 is 0. The number of nitrogens with one attached hydrogen (secondary N) is 2. The van der Waals surface area contributed by atoms with Gasteiger partial charge in [0.2, 0.25) is 0 Å². The molecule has 0 saturated heterocycles. The summed E-state index contributed by atoms with van der Waals surface area (Å²) in [6.07, 6.45) is 0. The first kappa shape index (κ1) is 10.5. The summed E-state index contributed by atoms with van der Waals surface area (Å²) in [5.74, 6) is 1.82. The van der Waals surface area contributed by atoms with Gasteiger partial charge < -0.3 is 10.6 Å². The van der Waals surface area contributed by atoms with Crippen LogP contribution in [0.2, 0.25) is 0 Å². The van der Waals surface area contributed by atoms with Crippen LogP contribution in [-0.4, -0.2) is 23.9 Å². The van der Waals surface area contributed by atoms with Gasteiger partial charge in [-0.3, -0.25) is 0 Å². The Morgan fingerprint density at radius 1 is 1.12 bits per heavy atom. The summed E-state index contributed by atoms with van der Waals surface area (Å²) in [6.45, 7) is 2.07. The zero-order chi connectivity index (χ0) is 11.5. The normalized spacial score (nSPS) is 10.2. The molecule has 0 radical (unpaired) electrons. The van der Waals surface area contributed by atoms with Crippen molar-refractivity contribution < 1.29 is 0 Å². The second-order valence-corrected chi connectivity index (χ2v) is 3.67. The minimum atomic E-state index is 0.853. The zero-order valence-electron chi connectivity index (χ0n) is 9.78. The van der Waals surface area contributed by atoms with Crippen molar-refractivity contribution in [2.75, 3.05) is 24.7 Å². The largest absolute Gasteiger partial charge is 0.373 e. The Labute approximate surface area is 95.3 Å². The first-order chi connectivity index (χ1) is 7.74. The van der Waals surface area contributed by atoms with E-state index in [0.29, 0.717) is 0 Å². The lowest BCUT2D eigenvalue weighted by atomic mass is 10.2. The summed E-state index contributed by atoms with van der Waals surface area (Å²) in [5, 5.41) is 10.6. The number of rotatable bonds is 3. The maximum Gasteiger partial charge on any atom is 0.150 e. The van der Waals surface area contributed by atoms with Crippen LogP contribution in [0.4, 0.5) is 11.6 Å². The van der Waals surface area contributed by atoms with Gasteiger partial charge in [0, 0.05) is 20.2 Å². The number of hydrogen-bond acceptors (Lipinski definition) is 3. The van der Waals surface area contributed by atoms with Crippen molar-refractivity contribution in [3.8, 4) is 5.69 Å². The first-order valence-electron chi connectivity index (χ1n) is 5.27. The van der Waals surface area contributed by atoms with Crippen molar-refractivity contribution in [2.45, 2.75) is 6.92 Å². The molecule has 0 aliphatic rings. The molecule has 1 aromatic carbocycles. The molecule has 16 heavy (non-hydrogen) atoms. The Bertz CT molecular complexity index is 488. The number of nitrogens with zero attached hydrogens (tertiary/aromatic N) is 2. The molecule has 0 aliphatic heterocycles. The van der Waals surface area contributed by atoms with Gasteiger partial charge in [0.05, 0.1) is 5.69 Å². The second kappa shape index (κ2) is 4.26. The second-order valence-electron chi connectivity index (χ2n) is 3.67. The Balaban J connectivity index is 2.50. The predicted octanol–water partition coefficient (Wildman–Crippen LogP) is 2.26. The van der Waals surface area contributed by atoms with Crippen molar-refractivity contribution in [3.63, 3.8) is 0 Å². The van der Waals surface area contributed by atoms with E-state index in [2.05, 4.69) is 34.8 Å².